The first kappa shape index (κ1) is 11.7. The second kappa shape index (κ2) is 4.45. The van der Waals surface area contributed by atoms with Crippen molar-refractivity contribution in [1.82, 2.24) is 20.2 Å². The number of carbonyl (C=O) groups excluding carboxylic acids is 1. The normalized spacial score (nSPS) is 18.8. The summed E-state index contributed by atoms with van der Waals surface area (Å²) in [6.45, 7) is 0.471. The number of cyclic esters (lactones) is 1. The van der Waals surface area contributed by atoms with Crippen LogP contribution in [0.3, 0.4) is 0 Å². The van der Waals surface area contributed by atoms with Crippen LogP contribution in [0.5, 0.6) is 0 Å². The molecule has 2 aromatic heterocycles. The number of nitrogens with one attached hydrogen (secondary N) is 1. The summed E-state index contributed by atoms with van der Waals surface area (Å²) in [4.78, 5) is 19.1. The molecule has 0 bridgehead atoms. The molecule has 0 aliphatic carbocycles. The molecule has 0 unspecified atom stereocenters. The Balaban J connectivity index is 1.75. The lowest BCUT2D eigenvalue weighted by atomic mass is 10.2. The molecule has 1 aromatic carbocycles. The number of hydrogen-bond acceptors (Lipinski definition) is 6. The first-order chi connectivity index (χ1) is 9.81. The smallest absolute Gasteiger partial charge is 0.319 e. The Morgan fingerprint density at radius 2 is 2.20 bits per heavy atom. The van der Waals surface area contributed by atoms with Crippen LogP contribution in [-0.2, 0) is 9.53 Å². The zero-order chi connectivity index (χ0) is 13.5. The molecular weight excluding hydrogens is 276 g/mol. The predicted molar refractivity (Wildman–Crippen MR) is 74.4 cm³/mol. The molecule has 0 amide bonds. The van der Waals surface area contributed by atoms with E-state index in [0.29, 0.717) is 23.8 Å². The highest BCUT2D eigenvalue weighted by atomic mass is 32.2. The maximum absolute atomic E-state index is 11.5. The summed E-state index contributed by atoms with van der Waals surface area (Å²) in [5, 5.41) is 9.59. The molecule has 7 heteroatoms. The van der Waals surface area contributed by atoms with Gasteiger partial charge in [0.05, 0.1) is 6.61 Å². The van der Waals surface area contributed by atoms with E-state index in [4.69, 9.17) is 4.74 Å². The molecule has 1 N–H and O–H groups in total. The first-order valence-electron chi connectivity index (χ1n) is 6.26. The van der Waals surface area contributed by atoms with Gasteiger partial charge in [-0.15, -0.1) is 10.2 Å². The number of esters is 1. The molecule has 0 saturated carbocycles. The number of carbonyl (C=O) groups is 1. The third-order valence-electron chi connectivity index (χ3n) is 3.24. The molecule has 3 heterocycles. The van der Waals surface area contributed by atoms with Crippen molar-refractivity contribution in [2.24, 2.45) is 0 Å². The van der Waals surface area contributed by atoms with Gasteiger partial charge in [-0.25, -0.2) is 4.98 Å². The molecule has 100 valence electrons. The Hall–Kier alpha value is -2.15. The Bertz CT molecular complexity index is 816. The van der Waals surface area contributed by atoms with E-state index in [1.807, 2.05) is 24.3 Å². The number of hydrogen-bond donors (Lipinski definition) is 1. The molecule has 1 saturated heterocycles. The van der Waals surface area contributed by atoms with Gasteiger partial charge in [-0.2, -0.15) is 0 Å². The first-order valence-corrected chi connectivity index (χ1v) is 7.14. The van der Waals surface area contributed by atoms with Gasteiger partial charge in [0.25, 0.3) is 0 Å². The van der Waals surface area contributed by atoms with Gasteiger partial charge in [0, 0.05) is 17.3 Å². The van der Waals surface area contributed by atoms with Crippen LogP contribution in [0.2, 0.25) is 0 Å². The number of fused-ring (bicyclic) bond motifs is 3. The maximum Gasteiger partial charge on any atom is 0.319 e. The fourth-order valence-corrected chi connectivity index (χ4v) is 3.13. The number of H-pyrrole nitrogens is 1. The van der Waals surface area contributed by atoms with E-state index in [9.17, 15) is 4.79 Å². The number of nitrogens with zero attached hydrogens (tertiary/aromatic N) is 3. The van der Waals surface area contributed by atoms with Gasteiger partial charge in [0.2, 0.25) is 5.16 Å². The van der Waals surface area contributed by atoms with Crippen molar-refractivity contribution in [2.45, 2.75) is 16.8 Å². The van der Waals surface area contributed by atoms with E-state index >= 15 is 0 Å². The molecule has 1 fully saturated rings. The van der Waals surface area contributed by atoms with Crippen LogP contribution in [0.15, 0.2) is 29.4 Å². The van der Waals surface area contributed by atoms with E-state index in [1.165, 1.54) is 11.8 Å². The van der Waals surface area contributed by atoms with Crippen LogP contribution in [0.1, 0.15) is 6.42 Å². The molecule has 3 aromatic rings. The summed E-state index contributed by atoms with van der Waals surface area (Å²) in [5.74, 6) is -0.199. The number of benzene rings is 1. The number of para-hydroxylation sites is 1. The monoisotopic (exact) mass is 286 g/mol. The molecule has 0 radical (unpaired) electrons. The summed E-state index contributed by atoms with van der Waals surface area (Å²) in [7, 11) is 0. The second-order valence-electron chi connectivity index (χ2n) is 4.52. The average molecular weight is 286 g/mol. The SMILES string of the molecule is O=C1OCC[C@@H]1Sc1nnc2c(n1)[nH]c1ccccc12. The van der Waals surface area contributed by atoms with E-state index in [-0.39, 0.29) is 11.2 Å². The highest BCUT2D eigenvalue weighted by Gasteiger charge is 2.28. The van der Waals surface area contributed by atoms with Gasteiger partial charge in [-0.3, -0.25) is 4.79 Å². The molecule has 6 nitrogen and oxygen atoms in total. The van der Waals surface area contributed by atoms with Crippen LogP contribution in [0.4, 0.5) is 0 Å². The van der Waals surface area contributed by atoms with Crippen LogP contribution in [0, 0.1) is 0 Å². The largest absolute Gasteiger partial charge is 0.465 e. The molecule has 20 heavy (non-hydrogen) atoms. The minimum absolute atomic E-state index is 0.199. The van der Waals surface area contributed by atoms with Crippen molar-refractivity contribution in [3.63, 3.8) is 0 Å². The fraction of sp³-hybridized carbons (Fsp3) is 0.231. The molecule has 1 aliphatic rings. The lowest BCUT2D eigenvalue weighted by Crippen LogP contribution is -2.10. The van der Waals surface area contributed by atoms with E-state index in [2.05, 4.69) is 20.2 Å². The van der Waals surface area contributed by atoms with Crippen LogP contribution in [-0.4, -0.2) is 38.0 Å². The van der Waals surface area contributed by atoms with Crippen molar-refractivity contribution in [1.29, 1.82) is 0 Å². The maximum atomic E-state index is 11.5. The van der Waals surface area contributed by atoms with Gasteiger partial charge in [0.15, 0.2) is 5.65 Å². The highest BCUT2D eigenvalue weighted by Crippen LogP contribution is 2.28. The van der Waals surface area contributed by atoms with E-state index in [0.717, 1.165) is 16.4 Å². The quantitative estimate of drug-likeness (QED) is 0.725. The van der Waals surface area contributed by atoms with Crippen LogP contribution in [0.25, 0.3) is 22.1 Å². The third-order valence-corrected chi connectivity index (χ3v) is 4.33. The van der Waals surface area contributed by atoms with Crippen molar-refractivity contribution in [3.05, 3.63) is 24.3 Å². The summed E-state index contributed by atoms with van der Waals surface area (Å²) in [6, 6.07) is 7.86. The third kappa shape index (κ3) is 1.82. The zero-order valence-corrected chi connectivity index (χ0v) is 11.2. The molecule has 4 rings (SSSR count). The summed E-state index contributed by atoms with van der Waals surface area (Å²) >= 11 is 1.30. The van der Waals surface area contributed by atoms with Crippen molar-refractivity contribution in [3.8, 4) is 0 Å². The number of rotatable bonds is 2. The van der Waals surface area contributed by atoms with Gasteiger partial charge in [0.1, 0.15) is 10.8 Å². The molecular formula is C13H10N4O2S. The summed E-state index contributed by atoms with van der Waals surface area (Å²) in [5.41, 5.74) is 2.42. The predicted octanol–water partition coefficient (Wildman–Crippen LogP) is 1.91. The standard InChI is InChI=1S/C13H10N4O2S/c18-12-9(5-6-19-12)20-13-15-11-10(16-17-13)7-3-1-2-4-8(7)14-11/h1-4,9H,5-6H2,(H,14,15,17)/t9-/m0/s1. The number of aromatic nitrogens is 4. The summed E-state index contributed by atoms with van der Waals surface area (Å²) < 4.78 is 4.93. The zero-order valence-electron chi connectivity index (χ0n) is 10.4. The Kier molecular flexibility index (Phi) is 2.59. The topological polar surface area (TPSA) is 80.8 Å². The Morgan fingerprint density at radius 3 is 3.05 bits per heavy atom. The van der Waals surface area contributed by atoms with Gasteiger partial charge in [-0.1, -0.05) is 30.0 Å². The molecule has 1 aliphatic heterocycles. The van der Waals surface area contributed by atoms with Gasteiger partial charge in [-0.05, 0) is 6.07 Å². The van der Waals surface area contributed by atoms with Crippen molar-refractivity contribution >= 4 is 39.8 Å². The van der Waals surface area contributed by atoms with Gasteiger partial charge < -0.3 is 9.72 Å². The average Bonchev–Trinajstić information content (AvgIpc) is 3.02. The van der Waals surface area contributed by atoms with Crippen LogP contribution < -0.4 is 0 Å². The van der Waals surface area contributed by atoms with Crippen molar-refractivity contribution in [2.75, 3.05) is 6.61 Å². The van der Waals surface area contributed by atoms with Crippen LogP contribution >= 0.6 is 11.8 Å². The minimum Gasteiger partial charge on any atom is -0.465 e. The Labute approximate surface area is 117 Å². The van der Waals surface area contributed by atoms with Gasteiger partial charge >= 0.3 is 5.97 Å². The van der Waals surface area contributed by atoms with Crippen molar-refractivity contribution < 1.29 is 9.53 Å². The number of thioether (sulfide) groups is 1. The second-order valence-corrected chi connectivity index (χ2v) is 5.69. The minimum atomic E-state index is -0.223. The molecule has 0 spiro atoms. The number of aromatic amines is 1. The summed E-state index contributed by atoms with van der Waals surface area (Å²) in [6.07, 6.45) is 0.692. The molecule has 1 atom stereocenters. The number of ether oxygens (including phenoxy) is 1. The fourth-order valence-electron chi connectivity index (χ4n) is 2.27. The lowest BCUT2D eigenvalue weighted by Gasteiger charge is -2.02. The Morgan fingerprint density at radius 1 is 1.30 bits per heavy atom. The van der Waals surface area contributed by atoms with E-state index < -0.39 is 0 Å². The highest BCUT2D eigenvalue weighted by molar-refractivity contribution is 8.00. The lowest BCUT2D eigenvalue weighted by molar-refractivity contribution is -0.137. The van der Waals surface area contributed by atoms with E-state index in [1.54, 1.807) is 0 Å².